The Morgan fingerprint density at radius 3 is 2.41 bits per heavy atom. The summed E-state index contributed by atoms with van der Waals surface area (Å²) < 4.78 is 5.51. The lowest BCUT2D eigenvalue weighted by Gasteiger charge is -2.35. The second-order valence-corrected chi connectivity index (χ2v) is 9.03. The maximum Gasteiger partial charge on any atom is 0.321 e. The van der Waals surface area contributed by atoms with E-state index in [9.17, 15) is 4.79 Å². The first-order chi connectivity index (χ1) is 18.1. The van der Waals surface area contributed by atoms with Gasteiger partial charge in [0, 0.05) is 56.7 Å². The normalized spacial score (nSPS) is 15.7. The number of carbonyl (C=O) groups is 1. The molecule has 2 aliphatic heterocycles. The highest BCUT2D eigenvalue weighted by Crippen LogP contribution is 2.29. The van der Waals surface area contributed by atoms with E-state index in [0.29, 0.717) is 43.4 Å². The van der Waals surface area contributed by atoms with Crippen LogP contribution in [0.3, 0.4) is 0 Å². The highest BCUT2D eigenvalue weighted by Gasteiger charge is 2.23. The lowest BCUT2D eigenvalue weighted by molar-refractivity contribution is 0.123. The van der Waals surface area contributed by atoms with Gasteiger partial charge in [0.2, 0.25) is 5.95 Å². The molecule has 37 heavy (non-hydrogen) atoms. The lowest BCUT2D eigenvalue weighted by Crippen LogP contribution is -2.50. The van der Waals surface area contributed by atoms with Crippen LogP contribution >= 0.6 is 0 Å². The number of hydrogen-bond donors (Lipinski definition) is 2. The molecule has 190 valence electrons. The van der Waals surface area contributed by atoms with Crippen LogP contribution in [0, 0.1) is 18.3 Å². The number of hydrogen-bond acceptors (Lipinski definition) is 8. The molecule has 0 saturated carbocycles. The van der Waals surface area contributed by atoms with Crippen LogP contribution < -0.4 is 20.4 Å². The van der Waals surface area contributed by atoms with Crippen LogP contribution in [-0.4, -0.2) is 73.4 Å². The van der Waals surface area contributed by atoms with Crippen molar-refractivity contribution in [1.29, 1.82) is 5.26 Å². The molecule has 2 aliphatic rings. The number of aromatic nitrogens is 2. The minimum absolute atomic E-state index is 0.148. The molecule has 0 atom stereocenters. The molecule has 2 saturated heterocycles. The number of carbonyl (C=O) groups excluding carboxylic acids is 1. The number of rotatable bonds is 5. The molecule has 3 heterocycles. The SMILES string of the molecule is Cc1cc(N2CCN(C(=O)Nc3ccc(C#N)cc3)CC2)nc(Nc2ccccc2N2CCOCC2)n1. The van der Waals surface area contributed by atoms with E-state index in [-0.39, 0.29) is 6.03 Å². The highest BCUT2D eigenvalue weighted by atomic mass is 16.5. The molecule has 2 aromatic carbocycles. The van der Waals surface area contributed by atoms with E-state index in [1.807, 2.05) is 31.2 Å². The Morgan fingerprint density at radius 2 is 1.68 bits per heavy atom. The van der Waals surface area contributed by atoms with Gasteiger partial charge in [-0.2, -0.15) is 10.2 Å². The van der Waals surface area contributed by atoms with Crippen molar-refractivity contribution in [3.8, 4) is 6.07 Å². The number of aryl methyl sites for hydroxylation is 1. The van der Waals surface area contributed by atoms with Crippen molar-refractivity contribution in [2.75, 3.05) is 72.9 Å². The first-order valence-electron chi connectivity index (χ1n) is 12.4. The molecule has 0 aliphatic carbocycles. The molecule has 0 unspecified atom stereocenters. The second kappa shape index (κ2) is 11.1. The summed E-state index contributed by atoms with van der Waals surface area (Å²) in [6.45, 7) is 7.59. The van der Waals surface area contributed by atoms with Crippen LogP contribution in [0.2, 0.25) is 0 Å². The molecule has 5 rings (SSSR count). The predicted octanol–water partition coefficient (Wildman–Crippen LogP) is 3.59. The lowest BCUT2D eigenvalue weighted by atomic mass is 10.2. The van der Waals surface area contributed by atoms with Gasteiger partial charge in [-0.1, -0.05) is 12.1 Å². The maximum absolute atomic E-state index is 12.7. The number of morpholine rings is 1. The number of urea groups is 1. The third-order valence-corrected chi connectivity index (χ3v) is 6.50. The van der Waals surface area contributed by atoms with E-state index < -0.39 is 0 Å². The predicted molar refractivity (Wildman–Crippen MR) is 143 cm³/mol. The molecule has 1 aromatic heterocycles. The molecule has 2 fully saturated rings. The molecule has 10 heteroatoms. The van der Waals surface area contributed by atoms with E-state index in [4.69, 9.17) is 15.0 Å². The Kier molecular flexibility index (Phi) is 7.33. The number of benzene rings is 2. The first-order valence-corrected chi connectivity index (χ1v) is 12.4. The van der Waals surface area contributed by atoms with Crippen molar-refractivity contribution in [3.05, 3.63) is 65.9 Å². The fourth-order valence-electron chi connectivity index (χ4n) is 4.52. The number of nitriles is 1. The van der Waals surface area contributed by atoms with Gasteiger partial charge in [-0.15, -0.1) is 0 Å². The van der Waals surface area contributed by atoms with Crippen LogP contribution in [0.15, 0.2) is 54.6 Å². The molecule has 0 spiro atoms. The summed E-state index contributed by atoms with van der Waals surface area (Å²) in [5.41, 5.74) is 4.18. The standard InChI is InChI=1S/C27H30N8O2/c1-20-18-25(32-26(29-20)31-23-4-2-3-5-24(23)33-14-16-37-17-15-33)34-10-12-35(13-11-34)27(36)30-22-8-6-21(19-28)7-9-22/h2-9,18H,10-17H2,1H3,(H,30,36)(H,29,31,32). The average Bonchev–Trinajstić information content (AvgIpc) is 2.94. The number of ether oxygens (including phenoxy) is 1. The zero-order chi connectivity index (χ0) is 25.6. The van der Waals surface area contributed by atoms with E-state index >= 15 is 0 Å². The fraction of sp³-hybridized carbons (Fsp3) is 0.333. The summed E-state index contributed by atoms with van der Waals surface area (Å²) in [4.78, 5) is 28.4. The summed E-state index contributed by atoms with van der Waals surface area (Å²) in [5, 5.41) is 15.3. The number of para-hydroxylation sites is 2. The molecular weight excluding hydrogens is 468 g/mol. The van der Waals surface area contributed by atoms with Crippen molar-refractivity contribution in [2.45, 2.75) is 6.92 Å². The monoisotopic (exact) mass is 498 g/mol. The maximum atomic E-state index is 12.7. The summed E-state index contributed by atoms with van der Waals surface area (Å²) in [7, 11) is 0. The van der Waals surface area contributed by atoms with E-state index in [1.54, 1.807) is 29.2 Å². The van der Waals surface area contributed by atoms with E-state index in [0.717, 1.165) is 49.2 Å². The Morgan fingerprint density at radius 1 is 0.946 bits per heavy atom. The number of nitrogens with one attached hydrogen (secondary N) is 2. The Labute approximate surface area is 216 Å². The molecule has 2 N–H and O–H groups in total. The summed E-state index contributed by atoms with van der Waals surface area (Å²) >= 11 is 0. The van der Waals surface area contributed by atoms with Crippen LogP contribution in [0.5, 0.6) is 0 Å². The van der Waals surface area contributed by atoms with Gasteiger partial charge in [-0.25, -0.2) is 9.78 Å². The highest BCUT2D eigenvalue weighted by molar-refractivity contribution is 5.89. The van der Waals surface area contributed by atoms with Crippen molar-refractivity contribution in [3.63, 3.8) is 0 Å². The van der Waals surface area contributed by atoms with Crippen molar-refractivity contribution < 1.29 is 9.53 Å². The quantitative estimate of drug-likeness (QED) is 0.549. The van der Waals surface area contributed by atoms with Gasteiger partial charge in [0.15, 0.2) is 0 Å². The number of amides is 2. The van der Waals surface area contributed by atoms with Gasteiger partial charge >= 0.3 is 6.03 Å². The minimum Gasteiger partial charge on any atom is -0.378 e. The summed E-state index contributed by atoms with van der Waals surface area (Å²) in [5.74, 6) is 1.39. The van der Waals surface area contributed by atoms with Crippen LogP contribution in [0.1, 0.15) is 11.3 Å². The third-order valence-electron chi connectivity index (χ3n) is 6.50. The molecule has 0 radical (unpaired) electrons. The van der Waals surface area contributed by atoms with Gasteiger partial charge in [0.05, 0.1) is 36.2 Å². The molecule has 0 bridgehead atoms. The summed E-state index contributed by atoms with van der Waals surface area (Å²) in [6.07, 6.45) is 0. The summed E-state index contributed by atoms with van der Waals surface area (Å²) in [6, 6.07) is 19.0. The number of piperazine rings is 1. The largest absolute Gasteiger partial charge is 0.378 e. The smallest absolute Gasteiger partial charge is 0.321 e. The fourth-order valence-corrected chi connectivity index (χ4v) is 4.52. The second-order valence-electron chi connectivity index (χ2n) is 9.03. The number of anilines is 5. The zero-order valence-electron chi connectivity index (χ0n) is 20.9. The topological polar surface area (TPSA) is 110 Å². The molecule has 10 nitrogen and oxygen atoms in total. The van der Waals surface area contributed by atoms with Gasteiger partial charge < -0.3 is 30.1 Å². The van der Waals surface area contributed by atoms with Crippen LogP contribution in [0.4, 0.5) is 33.6 Å². The Hall–Kier alpha value is -4.36. The molecule has 3 aromatic rings. The number of nitrogens with zero attached hydrogens (tertiary/aromatic N) is 6. The Balaban J connectivity index is 1.23. The Bertz CT molecular complexity index is 1280. The van der Waals surface area contributed by atoms with Crippen molar-refractivity contribution in [1.82, 2.24) is 14.9 Å². The van der Waals surface area contributed by atoms with Crippen molar-refractivity contribution in [2.24, 2.45) is 0 Å². The molecular formula is C27H30N8O2. The third kappa shape index (κ3) is 5.90. The van der Waals surface area contributed by atoms with Gasteiger partial charge in [-0.05, 0) is 43.3 Å². The van der Waals surface area contributed by atoms with Crippen LogP contribution in [0.25, 0.3) is 0 Å². The van der Waals surface area contributed by atoms with Gasteiger partial charge in [-0.3, -0.25) is 0 Å². The minimum atomic E-state index is -0.148. The van der Waals surface area contributed by atoms with Crippen LogP contribution in [-0.2, 0) is 4.74 Å². The van der Waals surface area contributed by atoms with Gasteiger partial charge in [0.1, 0.15) is 5.82 Å². The average molecular weight is 499 g/mol. The first kappa shape index (κ1) is 24.3. The van der Waals surface area contributed by atoms with Gasteiger partial charge in [0.25, 0.3) is 0 Å². The molecule has 2 amide bonds. The van der Waals surface area contributed by atoms with E-state index in [2.05, 4.69) is 37.6 Å². The van der Waals surface area contributed by atoms with E-state index in [1.165, 1.54) is 0 Å². The van der Waals surface area contributed by atoms with Crippen molar-refractivity contribution >= 4 is 34.9 Å². The zero-order valence-corrected chi connectivity index (χ0v) is 20.9.